The number of fused-ring (bicyclic) bond motifs is 2. The van der Waals surface area contributed by atoms with E-state index in [1.165, 1.54) is 11.3 Å². The second-order valence-electron chi connectivity index (χ2n) is 10.7. The molecule has 0 saturated carbocycles. The van der Waals surface area contributed by atoms with Crippen LogP contribution in [0.5, 0.6) is 17.2 Å². The highest BCUT2D eigenvalue weighted by Crippen LogP contribution is 2.41. The molecule has 0 radical (unpaired) electrons. The Bertz CT molecular complexity index is 2230. The zero-order valence-electron chi connectivity index (χ0n) is 26.0. The molecule has 2 heterocycles. The number of nitrogens with zero attached hydrogens (tertiary/aromatic N) is 2. The maximum Gasteiger partial charge on any atom is 0.338 e. The van der Waals surface area contributed by atoms with Gasteiger partial charge in [0.15, 0.2) is 16.3 Å². The summed E-state index contributed by atoms with van der Waals surface area (Å²) in [6, 6.07) is 21.9. The van der Waals surface area contributed by atoms with Gasteiger partial charge in [0.1, 0.15) is 18.4 Å². The van der Waals surface area contributed by atoms with Crippen LogP contribution in [0.3, 0.4) is 0 Å². The summed E-state index contributed by atoms with van der Waals surface area (Å²) in [5.74, 6) is 1.03. The number of allylic oxidation sites excluding steroid dienone is 1. The highest BCUT2D eigenvalue weighted by molar-refractivity contribution is 9.10. The minimum absolute atomic E-state index is 0.176. The first-order valence-electron chi connectivity index (χ1n) is 14.7. The van der Waals surface area contributed by atoms with E-state index in [0.717, 1.165) is 16.3 Å². The standard InChI is InChI=1S/C36H30BrClN2O6S/c1-5-45-35(42)30-20(2)39-36-40(32(30)31-25-9-7-6-8-23(25)12-15-27(31)43-3)34(41)29(47-36)18-22-16-26(37)33(28(17-22)44-4)46-19-21-10-13-24(38)14-11-21/h6-18,32H,5,19H2,1-4H3/b29-18-/t32-/m1/s1. The van der Waals surface area contributed by atoms with Gasteiger partial charge in [-0.25, -0.2) is 9.79 Å². The molecule has 8 nitrogen and oxygen atoms in total. The van der Waals surface area contributed by atoms with E-state index in [0.29, 0.717) is 59.5 Å². The van der Waals surface area contributed by atoms with Crippen molar-refractivity contribution in [2.45, 2.75) is 26.5 Å². The lowest BCUT2D eigenvalue weighted by Gasteiger charge is -2.27. The molecule has 240 valence electrons. The Labute approximate surface area is 288 Å². The highest BCUT2D eigenvalue weighted by atomic mass is 79.9. The van der Waals surface area contributed by atoms with Gasteiger partial charge in [-0.05, 0) is 88.1 Å². The molecule has 0 amide bonds. The Kier molecular flexibility index (Phi) is 9.54. The van der Waals surface area contributed by atoms with Gasteiger partial charge in [0, 0.05) is 10.6 Å². The van der Waals surface area contributed by atoms with Crippen LogP contribution in [0.15, 0.2) is 98.3 Å². The second kappa shape index (κ2) is 13.8. The van der Waals surface area contributed by atoms with Crippen LogP contribution in [-0.4, -0.2) is 31.4 Å². The van der Waals surface area contributed by atoms with Gasteiger partial charge < -0.3 is 18.9 Å². The summed E-state index contributed by atoms with van der Waals surface area (Å²) in [6.45, 7) is 4.00. The monoisotopic (exact) mass is 732 g/mol. The van der Waals surface area contributed by atoms with Crippen molar-refractivity contribution in [3.63, 3.8) is 0 Å². The summed E-state index contributed by atoms with van der Waals surface area (Å²) in [6.07, 6.45) is 1.78. The van der Waals surface area contributed by atoms with Crippen LogP contribution >= 0.6 is 38.9 Å². The van der Waals surface area contributed by atoms with E-state index < -0.39 is 12.0 Å². The maximum absolute atomic E-state index is 14.3. The largest absolute Gasteiger partial charge is 0.496 e. The third-order valence-corrected chi connectivity index (χ3v) is 9.61. The Balaban J connectivity index is 1.49. The number of rotatable bonds is 9. The quantitative estimate of drug-likeness (QED) is 0.152. The molecule has 6 rings (SSSR count). The molecule has 1 aromatic heterocycles. The van der Waals surface area contributed by atoms with Gasteiger partial charge in [0.25, 0.3) is 5.56 Å². The molecule has 5 aromatic rings. The average molecular weight is 734 g/mol. The molecule has 1 atom stereocenters. The van der Waals surface area contributed by atoms with Crippen LogP contribution in [0.1, 0.15) is 36.6 Å². The molecule has 1 aliphatic rings. The number of halogens is 2. The topological polar surface area (TPSA) is 88.4 Å². The molecular weight excluding hydrogens is 704 g/mol. The molecule has 47 heavy (non-hydrogen) atoms. The zero-order valence-corrected chi connectivity index (χ0v) is 29.2. The summed E-state index contributed by atoms with van der Waals surface area (Å²) in [5, 5.41) is 2.45. The summed E-state index contributed by atoms with van der Waals surface area (Å²) in [5.41, 5.74) is 2.79. The Morgan fingerprint density at radius 1 is 1.04 bits per heavy atom. The molecule has 11 heteroatoms. The first kappa shape index (κ1) is 32.6. The number of methoxy groups -OCH3 is 2. The normalized spacial score (nSPS) is 14.5. The molecule has 0 spiro atoms. The number of thiazole rings is 1. The third kappa shape index (κ3) is 6.33. The average Bonchev–Trinajstić information content (AvgIpc) is 3.37. The summed E-state index contributed by atoms with van der Waals surface area (Å²) in [4.78, 5) is 33.0. The van der Waals surface area contributed by atoms with Crippen molar-refractivity contribution in [1.29, 1.82) is 0 Å². The molecule has 0 N–H and O–H groups in total. The van der Waals surface area contributed by atoms with Crippen LogP contribution < -0.4 is 29.1 Å². The number of benzene rings is 4. The highest BCUT2D eigenvalue weighted by Gasteiger charge is 2.36. The van der Waals surface area contributed by atoms with Gasteiger partial charge >= 0.3 is 5.97 Å². The van der Waals surface area contributed by atoms with E-state index in [1.807, 2.05) is 66.7 Å². The van der Waals surface area contributed by atoms with Gasteiger partial charge in [-0.15, -0.1) is 0 Å². The Hall–Kier alpha value is -4.38. The summed E-state index contributed by atoms with van der Waals surface area (Å²) >= 11 is 10.9. The molecule has 4 aromatic carbocycles. The van der Waals surface area contributed by atoms with Gasteiger partial charge in [-0.3, -0.25) is 9.36 Å². The minimum atomic E-state index is -0.835. The Morgan fingerprint density at radius 3 is 2.51 bits per heavy atom. The predicted molar refractivity (Wildman–Crippen MR) is 187 cm³/mol. The molecule has 0 fully saturated rings. The molecule has 1 aliphatic heterocycles. The van der Waals surface area contributed by atoms with Crippen molar-refractivity contribution in [1.82, 2.24) is 4.57 Å². The van der Waals surface area contributed by atoms with E-state index in [9.17, 15) is 9.59 Å². The third-order valence-electron chi connectivity index (χ3n) is 7.79. The maximum atomic E-state index is 14.3. The number of aromatic nitrogens is 1. The van der Waals surface area contributed by atoms with Crippen molar-refractivity contribution in [2.24, 2.45) is 4.99 Å². The van der Waals surface area contributed by atoms with Crippen molar-refractivity contribution in [3.05, 3.63) is 130 Å². The number of esters is 1. The van der Waals surface area contributed by atoms with E-state index in [2.05, 4.69) is 15.9 Å². The van der Waals surface area contributed by atoms with Crippen LogP contribution in [-0.2, 0) is 16.1 Å². The van der Waals surface area contributed by atoms with Crippen LogP contribution in [0.25, 0.3) is 16.8 Å². The molecule has 0 saturated heterocycles. The predicted octanol–water partition coefficient (Wildman–Crippen LogP) is 6.96. The van der Waals surface area contributed by atoms with Crippen molar-refractivity contribution in [3.8, 4) is 17.2 Å². The van der Waals surface area contributed by atoms with Crippen molar-refractivity contribution < 1.29 is 23.7 Å². The molecule has 0 aliphatic carbocycles. The van der Waals surface area contributed by atoms with Gasteiger partial charge in [0.2, 0.25) is 0 Å². The van der Waals surface area contributed by atoms with Crippen molar-refractivity contribution in [2.75, 3.05) is 20.8 Å². The van der Waals surface area contributed by atoms with E-state index in [4.69, 9.17) is 35.5 Å². The minimum Gasteiger partial charge on any atom is -0.496 e. The van der Waals surface area contributed by atoms with E-state index in [1.54, 1.807) is 44.8 Å². The second-order valence-corrected chi connectivity index (χ2v) is 13.0. The summed E-state index contributed by atoms with van der Waals surface area (Å²) < 4.78 is 25.7. The number of hydrogen-bond donors (Lipinski definition) is 0. The van der Waals surface area contributed by atoms with E-state index >= 15 is 0 Å². The number of hydrogen-bond acceptors (Lipinski definition) is 8. The molecule has 0 unspecified atom stereocenters. The van der Waals surface area contributed by atoms with Gasteiger partial charge in [-0.2, -0.15) is 0 Å². The van der Waals surface area contributed by atoms with Gasteiger partial charge in [-0.1, -0.05) is 65.4 Å². The SMILES string of the molecule is CCOC(=O)C1=C(C)N=c2s/c(=C\c3cc(Br)c(OCc4ccc(Cl)cc4)c(OC)c3)c(=O)n2[C@H]1c1c(OC)ccc2ccccc12. The number of ether oxygens (including phenoxy) is 4. The van der Waals surface area contributed by atoms with E-state index in [-0.39, 0.29) is 17.7 Å². The number of carbonyl (C=O) groups is 1. The van der Waals surface area contributed by atoms with Gasteiger partial charge in [0.05, 0.1) is 41.1 Å². The fourth-order valence-corrected chi connectivity index (χ4v) is 7.40. The lowest BCUT2D eigenvalue weighted by molar-refractivity contribution is -0.139. The summed E-state index contributed by atoms with van der Waals surface area (Å²) in [7, 11) is 3.14. The first-order valence-corrected chi connectivity index (χ1v) is 16.7. The zero-order chi connectivity index (χ0) is 33.2. The van der Waals surface area contributed by atoms with Crippen LogP contribution in [0, 0.1) is 0 Å². The molecular formula is C36H30BrClN2O6S. The lowest BCUT2D eigenvalue weighted by Crippen LogP contribution is -2.40. The fourth-order valence-electron chi connectivity index (χ4n) is 5.65. The van der Waals surface area contributed by atoms with Crippen molar-refractivity contribution >= 4 is 61.7 Å². The van der Waals surface area contributed by atoms with Crippen LogP contribution in [0.4, 0.5) is 0 Å². The number of carbonyl (C=O) groups excluding carboxylic acids is 1. The molecule has 0 bridgehead atoms. The first-order chi connectivity index (χ1) is 22.7. The fraction of sp³-hybridized carbons (Fsp3) is 0.194. The van der Waals surface area contributed by atoms with Crippen LogP contribution in [0.2, 0.25) is 5.02 Å². The Morgan fingerprint density at radius 2 is 1.79 bits per heavy atom. The smallest absolute Gasteiger partial charge is 0.338 e. The lowest BCUT2D eigenvalue weighted by atomic mass is 9.90.